The van der Waals surface area contributed by atoms with Crippen molar-refractivity contribution < 1.29 is 4.79 Å². The molecule has 0 radical (unpaired) electrons. The zero-order chi connectivity index (χ0) is 17.1. The van der Waals surface area contributed by atoms with Gasteiger partial charge in [-0.1, -0.05) is 22.9 Å². The lowest BCUT2D eigenvalue weighted by Crippen LogP contribution is -2.38. The van der Waals surface area contributed by atoms with E-state index in [1.54, 1.807) is 12.3 Å². The van der Waals surface area contributed by atoms with Gasteiger partial charge in [0.2, 0.25) is 5.95 Å². The number of anilines is 2. The minimum atomic E-state index is -0.0140. The molecular weight excluding hydrogens is 368 g/mol. The molecule has 0 unspecified atom stereocenters. The van der Waals surface area contributed by atoms with E-state index in [-0.39, 0.29) is 5.91 Å². The average Bonchev–Trinajstić information content (AvgIpc) is 2.58. The van der Waals surface area contributed by atoms with Crippen LogP contribution >= 0.6 is 15.9 Å². The van der Waals surface area contributed by atoms with Gasteiger partial charge < -0.3 is 10.2 Å². The molecule has 2 aromatic rings. The molecule has 0 bridgehead atoms. The summed E-state index contributed by atoms with van der Waals surface area (Å²) in [7, 11) is 0. The fraction of sp³-hybridized carbons (Fsp3) is 0.389. The highest BCUT2D eigenvalue weighted by Crippen LogP contribution is 2.23. The highest BCUT2D eigenvalue weighted by molar-refractivity contribution is 9.10. The van der Waals surface area contributed by atoms with Gasteiger partial charge in [-0.25, -0.2) is 9.97 Å². The molecule has 1 fully saturated rings. The van der Waals surface area contributed by atoms with E-state index in [0.29, 0.717) is 17.6 Å². The standard InChI is InChI=1S/C18H21BrN4O/c1-12-6-9-23(10-7-12)17(24)16-5-8-20-18(22-16)21-15-4-3-14(19)11-13(15)2/h3-5,8,11-12H,6-7,9-10H2,1-2H3,(H,20,21,22). The van der Waals surface area contributed by atoms with Crippen molar-refractivity contribution in [3.8, 4) is 0 Å². The second-order valence-electron chi connectivity index (χ2n) is 6.32. The number of aromatic nitrogens is 2. The summed E-state index contributed by atoms with van der Waals surface area (Å²) < 4.78 is 1.02. The van der Waals surface area contributed by atoms with E-state index in [9.17, 15) is 4.79 Å². The summed E-state index contributed by atoms with van der Waals surface area (Å²) in [6.45, 7) is 5.85. The Morgan fingerprint density at radius 2 is 2.04 bits per heavy atom. The number of rotatable bonds is 3. The molecule has 24 heavy (non-hydrogen) atoms. The minimum Gasteiger partial charge on any atom is -0.337 e. The Hall–Kier alpha value is -1.95. The molecule has 126 valence electrons. The van der Waals surface area contributed by atoms with Gasteiger partial charge in [0.1, 0.15) is 5.69 Å². The number of hydrogen-bond donors (Lipinski definition) is 1. The fourth-order valence-electron chi connectivity index (χ4n) is 2.80. The molecule has 1 N–H and O–H groups in total. The van der Waals surface area contributed by atoms with Gasteiger partial charge in [-0.05, 0) is 55.5 Å². The van der Waals surface area contributed by atoms with Gasteiger partial charge in [0, 0.05) is 29.4 Å². The average molecular weight is 389 g/mol. The number of halogens is 1. The third-order valence-electron chi connectivity index (χ3n) is 4.38. The predicted molar refractivity (Wildman–Crippen MR) is 98.5 cm³/mol. The first-order valence-electron chi connectivity index (χ1n) is 8.18. The summed E-state index contributed by atoms with van der Waals surface area (Å²) in [6, 6.07) is 7.62. The van der Waals surface area contributed by atoms with Crippen molar-refractivity contribution in [3.63, 3.8) is 0 Å². The van der Waals surface area contributed by atoms with Crippen LogP contribution in [0.4, 0.5) is 11.6 Å². The predicted octanol–water partition coefficient (Wildman–Crippen LogP) is 4.16. The summed E-state index contributed by atoms with van der Waals surface area (Å²) in [5, 5.41) is 3.19. The number of carbonyl (C=O) groups is 1. The Balaban J connectivity index is 1.75. The number of likely N-dealkylation sites (tertiary alicyclic amines) is 1. The zero-order valence-corrected chi connectivity index (χ0v) is 15.5. The van der Waals surface area contributed by atoms with Crippen LogP contribution in [-0.4, -0.2) is 33.9 Å². The number of aryl methyl sites for hydroxylation is 1. The minimum absolute atomic E-state index is 0.0140. The number of carbonyl (C=O) groups excluding carboxylic acids is 1. The zero-order valence-electron chi connectivity index (χ0n) is 13.9. The molecule has 3 rings (SSSR count). The number of nitrogens with zero attached hydrogens (tertiary/aromatic N) is 3. The molecule has 0 atom stereocenters. The van der Waals surface area contributed by atoms with E-state index in [1.807, 2.05) is 30.0 Å². The van der Waals surface area contributed by atoms with Gasteiger partial charge in [-0.15, -0.1) is 0 Å². The monoisotopic (exact) mass is 388 g/mol. The normalized spacial score (nSPS) is 15.4. The number of benzene rings is 1. The second kappa shape index (κ2) is 7.30. The molecule has 0 aliphatic carbocycles. The molecule has 1 aromatic heterocycles. The lowest BCUT2D eigenvalue weighted by molar-refractivity contribution is 0.0691. The van der Waals surface area contributed by atoms with Gasteiger partial charge >= 0.3 is 0 Å². The van der Waals surface area contributed by atoms with Crippen molar-refractivity contribution in [2.45, 2.75) is 26.7 Å². The van der Waals surface area contributed by atoms with Crippen LogP contribution in [0.2, 0.25) is 0 Å². The smallest absolute Gasteiger partial charge is 0.272 e. The van der Waals surface area contributed by atoms with Crippen LogP contribution in [0.15, 0.2) is 34.9 Å². The maximum absolute atomic E-state index is 12.6. The van der Waals surface area contributed by atoms with Gasteiger partial charge in [0.15, 0.2) is 0 Å². The third kappa shape index (κ3) is 3.93. The number of nitrogens with one attached hydrogen (secondary N) is 1. The van der Waals surface area contributed by atoms with E-state index in [2.05, 4.69) is 38.1 Å². The lowest BCUT2D eigenvalue weighted by Gasteiger charge is -2.30. The number of amides is 1. The maximum Gasteiger partial charge on any atom is 0.272 e. The van der Waals surface area contributed by atoms with Crippen LogP contribution in [-0.2, 0) is 0 Å². The van der Waals surface area contributed by atoms with E-state index in [0.717, 1.165) is 41.7 Å². The van der Waals surface area contributed by atoms with Crippen molar-refractivity contribution in [2.24, 2.45) is 5.92 Å². The Morgan fingerprint density at radius 3 is 2.75 bits per heavy atom. The van der Waals surface area contributed by atoms with Crippen LogP contribution < -0.4 is 5.32 Å². The molecule has 0 saturated carbocycles. The van der Waals surface area contributed by atoms with Crippen molar-refractivity contribution in [3.05, 3.63) is 46.2 Å². The number of hydrogen-bond acceptors (Lipinski definition) is 4. The summed E-state index contributed by atoms with van der Waals surface area (Å²) in [5.74, 6) is 1.12. The second-order valence-corrected chi connectivity index (χ2v) is 7.24. The summed E-state index contributed by atoms with van der Waals surface area (Å²) >= 11 is 3.45. The van der Waals surface area contributed by atoms with Crippen molar-refractivity contribution >= 4 is 33.5 Å². The lowest BCUT2D eigenvalue weighted by atomic mass is 9.99. The first kappa shape index (κ1) is 16.9. The summed E-state index contributed by atoms with van der Waals surface area (Å²) in [5.41, 5.74) is 2.45. The highest BCUT2D eigenvalue weighted by atomic mass is 79.9. The Morgan fingerprint density at radius 1 is 1.29 bits per heavy atom. The molecular formula is C18H21BrN4O. The first-order valence-corrected chi connectivity index (χ1v) is 8.98. The van der Waals surface area contributed by atoms with Crippen LogP contribution in [0.25, 0.3) is 0 Å². The summed E-state index contributed by atoms with van der Waals surface area (Å²) in [6.07, 6.45) is 3.74. The highest BCUT2D eigenvalue weighted by Gasteiger charge is 2.22. The largest absolute Gasteiger partial charge is 0.337 e. The molecule has 1 amide bonds. The fourth-order valence-corrected chi connectivity index (χ4v) is 3.28. The van der Waals surface area contributed by atoms with E-state index >= 15 is 0 Å². The molecule has 0 spiro atoms. The van der Waals surface area contributed by atoms with Gasteiger partial charge in [0.05, 0.1) is 0 Å². The quantitative estimate of drug-likeness (QED) is 0.857. The van der Waals surface area contributed by atoms with Crippen LogP contribution in [0.1, 0.15) is 35.8 Å². The Bertz CT molecular complexity index is 742. The SMILES string of the molecule is Cc1cc(Br)ccc1Nc1nccc(C(=O)N2CCC(C)CC2)n1. The van der Waals surface area contributed by atoms with Crippen LogP contribution in [0, 0.1) is 12.8 Å². The van der Waals surface area contributed by atoms with E-state index in [4.69, 9.17) is 0 Å². The van der Waals surface area contributed by atoms with E-state index < -0.39 is 0 Å². The topological polar surface area (TPSA) is 58.1 Å². The summed E-state index contributed by atoms with van der Waals surface area (Å²) in [4.78, 5) is 23.1. The molecule has 2 heterocycles. The van der Waals surface area contributed by atoms with Gasteiger partial charge in [0.25, 0.3) is 5.91 Å². The first-order chi connectivity index (χ1) is 11.5. The third-order valence-corrected chi connectivity index (χ3v) is 4.87. The maximum atomic E-state index is 12.6. The Kier molecular flexibility index (Phi) is 5.14. The van der Waals surface area contributed by atoms with Crippen LogP contribution in [0.3, 0.4) is 0 Å². The molecule has 1 aliphatic heterocycles. The molecule has 1 saturated heterocycles. The van der Waals surface area contributed by atoms with Gasteiger partial charge in [-0.3, -0.25) is 4.79 Å². The van der Waals surface area contributed by atoms with Crippen molar-refractivity contribution in [1.29, 1.82) is 0 Å². The number of piperidine rings is 1. The van der Waals surface area contributed by atoms with E-state index in [1.165, 1.54) is 0 Å². The van der Waals surface area contributed by atoms with Crippen molar-refractivity contribution in [1.82, 2.24) is 14.9 Å². The molecule has 6 heteroatoms. The molecule has 1 aromatic carbocycles. The van der Waals surface area contributed by atoms with Gasteiger partial charge in [-0.2, -0.15) is 0 Å². The molecule has 5 nitrogen and oxygen atoms in total. The Labute approximate surface area is 150 Å². The van der Waals surface area contributed by atoms with Crippen molar-refractivity contribution in [2.75, 3.05) is 18.4 Å². The van der Waals surface area contributed by atoms with Crippen LogP contribution in [0.5, 0.6) is 0 Å². The molecule has 1 aliphatic rings.